The van der Waals surface area contributed by atoms with E-state index in [-0.39, 0.29) is 5.41 Å². The standard InChI is InChI=1S/C16H22N4O/c1-16(2)14(9-15(16)21-3)17-10-12-11-18-20(19-12)13-7-5-4-6-8-13/h4-8,11,14-15,17H,9-10H2,1-3H3. The van der Waals surface area contributed by atoms with E-state index in [9.17, 15) is 0 Å². The molecule has 5 heteroatoms. The molecule has 0 aliphatic heterocycles. The van der Waals surface area contributed by atoms with Gasteiger partial charge in [-0.25, -0.2) is 0 Å². The summed E-state index contributed by atoms with van der Waals surface area (Å²) in [6.45, 7) is 5.21. The van der Waals surface area contributed by atoms with Crippen molar-refractivity contribution in [1.82, 2.24) is 20.3 Å². The largest absolute Gasteiger partial charge is 0.381 e. The van der Waals surface area contributed by atoms with Crippen molar-refractivity contribution in [2.24, 2.45) is 5.41 Å². The predicted octanol–water partition coefficient (Wildman–Crippen LogP) is 2.17. The van der Waals surface area contributed by atoms with Gasteiger partial charge in [-0.15, -0.1) is 0 Å². The smallest absolute Gasteiger partial charge is 0.0969 e. The quantitative estimate of drug-likeness (QED) is 0.915. The Balaban J connectivity index is 1.59. The van der Waals surface area contributed by atoms with Crippen molar-refractivity contribution < 1.29 is 4.74 Å². The van der Waals surface area contributed by atoms with Gasteiger partial charge < -0.3 is 10.1 Å². The Morgan fingerprint density at radius 2 is 2.10 bits per heavy atom. The Morgan fingerprint density at radius 3 is 2.76 bits per heavy atom. The van der Waals surface area contributed by atoms with Gasteiger partial charge in [-0.05, 0) is 18.6 Å². The molecule has 1 N–H and O–H groups in total. The maximum Gasteiger partial charge on any atom is 0.0969 e. The van der Waals surface area contributed by atoms with Crippen LogP contribution in [0.15, 0.2) is 36.5 Å². The molecule has 2 aromatic rings. The summed E-state index contributed by atoms with van der Waals surface area (Å²) in [5, 5.41) is 12.4. The lowest BCUT2D eigenvalue weighted by atomic mass is 9.64. The number of para-hydroxylation sites is 1. The molecular formula is C16H22N4O. The molecule has 1 heterocycles. The van der Waals surface area contributed by atoms with Crippen LogP contribution in [0.25, 0.3) is 5.69 Å². The first-order valence-corrected chi connectivity index (χ1v) is 7.34. The molecule has 21 heavy (non-hydrogen) atoms. The van der Waals surface area contributed by atoms with Crippen LogP contribution in [0.2, 0.25) is 0 Å². The van der Waals surface area contributed by atoms with Crippen LogP contribution in [0.3, 0.4) is 0 Å². The van der Waals surface area contributed by atoms with Crippen LogP contribution in [0.1, 0.15) is 26.0 Å². The number of rotatable bonds is 5. The molecule has 0 amide bonds. The van der Waals surface area contributed by atoms with Gasteiger partial charge in [0, 0.05) is 25.1 Å². The zero-order chi connectivity index (χ0) is 14.9. The lowest BCUT2D eigenvalue weighted by Gasteiger charge is -2.51. The summed E-state index contributed by atoms with van der Waals surface area (Å²) in [6, 6.07) is 10.4. The molecule has 1 aliphatic carbocycles. The highest BCUT2D eigenvalue weighted by Crippen LogP contribution is 2.42. The minimum atomic E-state index is 0.171. The highest BCUT2D eigenvalue weighted by atomic mass is 16.5. The zero-order valence-electron chi connectivity index (χ0n) is 12.8. The molecule has 0 saturated heterocycles. The average Bonchev–Trinajstić information content (AvgIpc) is 2.96. The van der Waals surface area contributed by atoms with Crippen molar-refractivity contribution in [3.05, 3.63) is 42.2 Å². The van der Waals surface area contributed by atoms with Crippen molar-refractivity contribution in [2.45, 2.75) is 39.0 Å². The number of hydrogen-bond acceptors (Lipinski definition) is 4. The maximum atomic E-state index is 5.47. The molecule has 0 bridgehead atoms. The van der Waals surface area contributed by atoms with E-state index in [0.717, 1.165) is 24.3 Å². The molecule has 0 spiro atoms. The second-order valence-corrected chi connectivity index (χ2v) is 6.18. The third-order valence-corrected chi connectivity index (χ3v) is 4.52. The van der Waals surface area contributed by atoms with Gasteiger partial charge in [0.2, 0.25) is 0 Å². The van der Waals surface area contributed by atoms with Crippen molar-refractivity contribution in [3.8, 4) is 5.69 Å². The molecule has 1 saturated carbocycles. The normalized spacial score (nSPS) is 23.8. The van der Waals surface area contributed by atoms with Gasteiger partial charge in [-0.1, -0.05) is 32.0 Å². The minimum absolute atomic E-state index is 0.171. The van der Waals surface area contributed by atoms with Crippen LogP contribution < -0.4 is 5.32 Å². The summed E-state index contributed by atoms with van der Waals surface area (Å²) >= 11 is 0. The summed E-state index contributed by atoms with van der Waals surface area (Å²) < 4.78 is 5.47. The van der Waals surface area contributed by atoms with Crippen LogP contribution in [0.4, 0.5) is 0 Å². The molecule has 1 aromatic carbocycles. The zero-order valence-corrected chi connectivity index (χ0v) is 12.8. The van der Waals surface area contributed by atoms with E-state index in [1.807, 2.05) is 36.5 Å². The Morgan fingerprint density at radius 1 is 1.33 bits per heavy atom. The maximum absolute atomic E-state index is 5.47. The SMILES string of the molecule is COC1CC(NCc2cnn(-c3ccccc3)n2)C1(C)C. The second-order valence-electron chi connectivity index (χ2n) is 6.18. The van der Waals surface area contributed by atoms with Crippen molar-refractivity contribution in [2.75, 3.05) is 7.11 Å². The Bertz CT molecular complexity index is 593. The Kier molecular flexibility index (Phi) is 3.78. The molecule has 1 aromatic heterocycles. The molecule has 1 aliphatic rings. The number of benzene rings is 1. The number of ether oxygens (including phenoxy) is 1. The van der Waals surface area contributed by atoms with Gasteiger partial charge >= 0.3 is 0 Å². The minimum Gasteiger partial charge on any atom is -0.381 e. The van der Waals surface area contributed by atoms with Crippen molar-refractivity contribution in [3.63, 3.8) is 0 Å². The summed E-state index contributed by atoms with van der Waals surface area (Å²) in [7, 11) is 1.79. The van der Waals surface area contributed by atoms with Crippen LogP contribution >= 0.6 is 0 Å². The third kappa shape index (κ3) is 2.71. The van der Waals surface area contributed by atoms with E-state index in [0.29, 0.717) is 12.1 Å². The van der Waals surface area contributed by atoms with E-state index in [1.54, 1.807) is 11.9 Å². The van der Waals surface area contributed by atoms with Crippen LogP contribution in [-0.2, 0) is 11.3 Å². The van der Waals surface area contributed by atoms with Crippen LogP contribution in [0, 0.1) is 5.41 Å². The number of hydrogen-bond donors (Lipinski definition) is 1. The first-order valence-electron chi connectivity index (χ1n) is 7.34. The molecule has 2 atom stereocenters. The molecule has 2 unspecified atom stereocenters. The number of nitrogens with zero attached hydrogens (tertiary/aromatic N) is 3. The summed E-state index contributed by atoms with van der Waals surface area (Å²) in [4.78, 5) is 1.67. The molecule has 1 fully saturated rings. The second kappa shape index (κ2) is 5.58. The molecule has 112 valence electrons. The van der Waals surface area contributed by atoms with E-state index < -0.39 is 0 Å². The van der Waals surface area contributed by atoms with E-state index in [2.05, 4.69) is 29.4 Å². The summed E-state index contributed by atoms with van der Waals surface area (Å²) in [5.74, 6) is 0. The van der Waals surface area contributed by atoms with Gasteiger partial charge in [0.1, 0.15) is 0 Å². The first-order chi connectivity index (χ1) is 10.1. The van der Waals surface area contributed by atoms with Gasteiger partial charge in [-0.3, -0.25) is 0 Å². The van der Waals surface area contributed by atoms with E-state index in [4.69, 9.17) is 4.74 Å². The Hall–Kier alpha value is -1.72. The summed E-state index contributed by atoms with van der Waals surface area (Å²) in [6.07, 6.45) is 3.21. The first kappa shape index (κ1) is 14.2. The summed E-state index contributed by atoms with van der Waals surface area (Å²) in [5.41, 5.74) is 2.10. The number of aromatic nitrogens is 3. The fourth-order valence-corrected chi connectivity index (χ4v) is 2.92. The number of methoxy groups -OCH3 is 1. The lowest BCUT2D eigenvalue weighted by molar-refractivity contribution is -0.0979. The highest BCUT2D eigenvalue weighted by Gasteiger charge is 2.48. The molecule has 0 radical (unpaired) electrons. The van der Waals surface area contributed by atoms with E-state index >= 15 is 0 Å². The predicted molar refractivity (Wildman–Crippen MR) is 81.2 cm³/mol. The number of nitrogens with one attached hydrogen (secondary N) is 1. The van der Waals surface area contributed by atoms with Gasteiger partial charge in [0.15, 0.2) is 0 Å². The van der Waals surface area contributed by atoms with Gasteiger partial charge in [0.05, 0.1) is 23.7 Å². The monoisotopic (exact) mass is 286 g/mol. The fraction of sp³-hybridized carbons (Fsp3) is 0.500. The topological polar surface area (TPSA) is 52.0 Å². The third-order valence-electron chi connectivity index (χ3n) is 4.52. The van der Waals surface area contributed by atoms with Crippen LogP contribution in [0.5, 0.6) is 0 Å². The van der Waals surface area contributed by atoms with E-state index in [1.165, 1.54) is 0 Å². The molecular weight excluding hydrogens is 264 g/mol. The average molecular weight is 286 g/mol. The molecule has 3 rings (SSSR count). The van der Waals surface area contributed by atoms with Crippen molar-refractivity contribution in [1.29, 1.82) is 0 Å². The van der Waals surface area contributed by atoms with Crippen LogP contribution in [-0.4, -0.2) is 34.2 Å². The molecule has 5 nitrogen and oxygen atoms in total. The fourth-order valence-electron chi connectivity index (χ4n) is 2.92. The van der Waals surface area contributed by atoms with Gasteiger partial charge in [-0.2, -0.15) is 15.0 Å². The highest BCUT2D eigenvalue weighted by molar-refractivity contribution is 5.28. The van der Waals surface area contributed by atoms with Gasteiger partial charge in [0.25, 0.3) is 0 Å². The Labute approximate surface area is 125 Å². The van der Waals surface area contributed by atoms with Crippen molar-refractivity contribution >= 4 is 0 Å². The lowest BCUT2D eigenvalue weighted by Crippen LogP contribution is -2.60.